The van der Waals surface area contributed by atoms with Crippen LogP contribution in [0, 0.1) is 0 Å². The molecule has 0 spiro atoms. The lowest BCUT2D eigenvalue weighted by Gasteiger charge is -2.26. The summed E-state index contributed by atoms with van der Waals surface area (Å²) in [6.07, 6.45) is 68.8. The van der Waals surface area contributed by atoms with Crippen molar-refractivity contribution in [3.05, 3.63) is 24.3 Å². The molecular formula is C52H102O. The van der Waals surface area contributed by atoms with Gasteiger partial charge >= 0.3 is 0 Å². The largest absolute Gasteiger partial charge is 0.375 e. The summed E-state index contributed by atoms with van der Waals surface area (Å²) in [7, 11) is 0. The quantitative estimate of drug-likeness (QED) is 0.0446. The topological polar surface area (TPSA) is 9.23 Å². The van der Waals surface area contributed by atoms with E-state index in [4.69, 9.17) is 4.74 Å². The minimum atomic E-state index is 0.499. The van der Waals surface area contributed by atoms with E-state index in [1.54, 1.807) is 0 Å². The predicted molar refractivity (Wildman–Crippen MR) is 244 cm³/mol. The maximum Gasteiger partial charge on any atom is 0.0578 e. The number of hydrogen-bond donors (Lipinski definition) is 0. The molecule has 0 bridgehead atoms. The lowest BCUT2D eigenvalue weighted by atomic mass is 9.99. The standard InChI is InChI=1S/C52H102O/c1-5-9-13-17-21-23-25-27-29-31-33-35-37-41-45-49-51(47-43-39-19-15-11-7-3)53-52(48-44-40-20-16-12-8-4)50-46-42-38-36-34-32-30-28-26-24-22-18-14-10-6-2/h27-30,51-52H,5-26,31-50H2,1-4H3/b29-27-,30-28-. The van der Waals surface area contributed by atoms with Gasteiger partial charge in [0.1, 0.15) is 0 Å². The maximum absolute atomic E-state index is 7.13. The lowest BCUT2D eigenvalue weighted by molar-refractivity contribution is -0.0324. The van der Waals surface area contributed by atoms with Crippen LogP contribution in [0.3, 0.4) is 0 Å². The highest BCUT2D eigenvalue weighted by Crippen LogP contribution is 2.24. The van der Waals surface area contributed by atoms with Crippen molar-refractivity contribution >= 4 is 0 Å². The Morgan fingerprint density at radius 3 is 0.660 bits per heavy atom. The highest BCUT2D eigenvalue weighted by atomic mass is 16.5. The second-order valence-electron chi connectivity index (χ2n) is 17.2. The molecule has 316 valence electrons. The van der Waals surface area contributed by atoms with Crippen molar-refractivity contribution in [1.82, 2.24) is 0 Å². The van der Waals surface area contributed by atoms with Crippen LogP contribution in [0.5, 0.6) is 0 Å². The Hall–Kier alpha value is -0.560. The molecule has 0 aromatic heterocycles. The first-order valence-electron chi connectivity index (χ1n) is 25.2. The zero-order valence-electron chi connectivity index (χ0n) is 37.6. The highest BCUT2D eigenvalue weighted by molar-refractivity contribution is 4.82. The third kappa shape index (κ3) is 44.0. The van der Waals surface area contributed by atoms with E-state index in [1.165, 1.54) is 270 Å². The Bertz CT molecular complexity index is 635. The smallest absolute Gasteiger partial charge is 0.0578 e. The van der Waals surface area contributed by atoms with E-state index in [1.807, 2.05) is 0 Å². The summed E-state index contributed by atoms with van der Waals surface area (Å²) in [5.41, 5.74) is 0. The van der Waals surface area contributed by atoms with E-state index >= 15 is 0 Å². The second-order valence-corrected chi connectivity index (χ2v) is 17.2. The molecule has 2 unspecified atom stereocenters. The van der Waals surface area contributed by atoms with Gasteiger partial charge < -0.3 is 4.74 Å². The molecule has 0 aromatic carbocycles. The highest BCUT2D eigenvalue weighted by Gasteiger charge is 2.17. The Labute approximate surface area is 337 Å². The van der Waals surface area contributed by atoms with Gasteiger partial charge in [-0.2, -0.15) is 0 Å². The number of ether oxygens (including phenoxy) is 1. The minimum Gasteiger partial charge on any atom is -0.375 e. The van der Waals surface area contributed by atoms with Crippen molar-refractivity contribution in [2.75, 3.05) is 0 Å². The zero-order chi connectivity index (χ0) is 38.4. The molecule has 1 nitrogen and oxygen atoms in total. The van der Waals surface area contributed by atoms with Crippen LogP contribution in [-0.2, 0) is 4.74 Å². The van der Waals surface area contributed by atoms with E-state index in [2.05, 4.69) is 52.0 Å². The summed E-state index contributed by atoms with van der Waals surface area (Å²) in [4.78, 5) is 0. The third-order valence-electron chi connectivity index (χ3n) is 11.7. The van der Waals surface area contributed by atoms with Crippen LogP contribution in [0.15, 0.2) is 24.3 Å². The summed E-state index contributed by atoms with van der Waals surface area (Å²) in [5, 5.41) is 0. The van der Waals surface area contributed by atoms with Crippen LogP contribution in [0.2, 0.25) is 0 Å². The molecule has 0 rings (SSSR count). The molecule has 0 aliphatic rings. The molecule has 0 aromatic rings. The molecule has 2 atom stereocenters. The first-order chi connectivity index (χ1) is 26.3. The molecule has 53 heavy (non-hydrogen) atoms. The monoisotopic (exact) mass is 743 g/mol. The van der Waals surface area contributed by atoms with Gasteiger partial charge in [0.15, 0.2) is 0 Å². The van der Waals surface area contributed by atoms with Crippen molar-refractivity contribution in [2.24, 2.45) is 0 Å². The van der Waals surface area contributed by atoms with Gasteiger partial charge in [0.25, 0.3) is 0 Å². The van der Waals surface area contributed by atoms with Crippen LogP contribution >= 0.6 is 0 Å². The Balaban J connectivity index is 4.55. The predicted octanol–water partition coefficient (Wildman–Crippen LogP) is 19.3. The molecular weight excluding hydrogens is 641 g/mol. The molecule has 1 heteroatoms. The third-order valence-corrected chi connectivity index (χ3v) is 11.7. The summed E-state index contributed by atoms with van der Waals surface area (Å²) < 4.78 is 7.13. The molecule has 0 aliphatic heterocycles. The fourth-order valence-electron chi connectivity index (χ4n) is 8.02. The number of rotatable bonds is 46. The van der Waals surface area contributed by atoms with Gasteiger partial charge in [-0.1, -0.05) is 245 Å². The Morgan fingerprint density at radius 2 is 0.434 bits per heavy atom. The normalized spacial score (nSPS) is 13.2. The van der Waals surface area contributed by atoms with Crippen LogP contribution in [0.4, 0.5) is 0 Å². The molecule has 0 saturated carbocycles. The molecule has 0 fully saturated rings. The summed E-state index contributed by atoms with van der Waals surface area (Å²) in [5.74, 6) is 0. The minimum absolute atomic E-state index is 0.499. The van der Waals surface area contributed by atoms with Crippen molar-refractivity contribution in [3.8, 4) is 0 Å². The molecule has 0 saturated heterocycles. The molecule has 0 heterocycles. The van der Waals surface area contributed by atoms with Crippen LogP contribution in [0.25, 0.3) is 0 Å². The fourth-order valence-corrected chi connectivity index (χ4v) is 8.02. The molecule has 0 amide bonds. The molecule has 0 N–H and O–H groups in total. The van der Waals surface area contributed by atoms with Gasteiger partial charge in [-0.15, -0.1) is 0 Å². The van der Waals surface area contributed by atoms with Gasteiger partial charge in [-0.05, 0) is 77.0 Å². The Morgan fingerprint density at radius 1 is 0.245 bits per heavy atom. The zero-order valence-corrected chi connectivity index (χ0v) is 37.6. The second kappa shape index (κ2) is 47.6. The van der Waals surface area contributed by atoms with E-state index in [-0.39, 0.29) is 0 Å². The maximum atomic E-state index is 7.13. The number of hydrogen-bond acceptors (Lipinski definition) is 1. The average Bonchev–Trinajstić information content (AvgIpc) is 3.17. The van der Waals surface area contributed by atoms with Crippen molar-refractivity contribution in [2.45, 2.75) is 310 Å². The SMILES string of the molecule is CCCCCCCC/C=C\CCCCCCCC(CCCCCCCC)OC(CCCCCCCC)CCCCCCC/C=C\CCCCCCCC. The first-order valence-corrected chi connectivity index (χ1v) is 25.2. The van der Waals surface area contributed by atoms with Crippen LogP contribution in [-0.4, -0.2) is 12.2 Å². The lowest BCUT2D eigenvalue weighted by Crippen LogP contribution is -2.23. The van der Waals surface area contributed by atoms with Crippen molar-refractivity contribution in [1.29, 1.82) is 0 Å². The van der Waals surface area contributed by atoms with E-state index < -0.39 is 0 Å². The van der Waals surface area contributed by atoms with Gasteiger partial charge in [-0.3, -0.25) is 0 Å². The summed E-state index contributed by atoms with van der Waals surface area (Å²) in [6.45, 7) is 9.27. The van der Waals surface area contributed by atoms with Crippen molar-refractivity contribution in [3.63, 3.8) is 0 Å². The van der Waals surface area contributed by atoms with Gasteiger partial charge in [0.05, 0.1) is 12.2 Å². The van der Waals surface area contributed by atoms with Crippen LogP contribution in [0.1, 0.15) is 297 Å². The average molecular weight is 743 g/mol. The van der Waals surface area contributed by atoms with Gasteiger partial charge in [0.2, 0.25) is 0 Å². The van der Waals surface area contributed by atoms with E-state index in [0.717, 1.165) is 0 Å². The van der Waals surface area contributed by atoms with Gasteiger partial charge in [0, 0.05) is 0 Å². The summed E-state index contributed by atoms with van der Waals surface area (Å²) >= 11 is 0. The Kier molecular flexibility index (Phi) is 47.1. The summed E-state index contributed by atoms with van der Waals surface area (Å²) in [6, 6.07) is 0. The fraction of sp³-hybridized carbons (Fsp3) is 0.923. The first kappa shape index (κ1) is 52.4. The molecule has 0 radical (unpaired) electrons. The number of unbranched alkanes of at least 4 members (excludes halogenated alkanes) is 32. The van der Waals surface area contributed by atoms with Crippen LogP contribution < -0.4 is 0 Å². The van der Waals surface area contributed by atoms with E-state index in [0.29, 0.717) is 12.2 Å². The van der Waals surface area contributed by atoms with Gasteiger partial charge in [-0.25, -0.2) is 0 Å². The van der Waals surface area contributed by atoms with E-state index in [9.17, 15) is 0 Å². The molecule has 0 aliphatic carbocycles. The van der Waals surface area contributed by atoms with Crippen molar-refractivity contribution < 1.29 is 4.74 Å². The number of allylic oxidation sites excluding steroid dienone is 4.